The molecule has 0 bridgehead atoms. The SMILES string of the molecule is Cn1nc(C(=O)NNC(=O)C2CCCCN2S(C)(=O)=O)c2ccccc2c1=O. The van der Waals surface area contributed by atoms with Crippen molar-refractivity contribution in [2.45, 2.75) is 25.3 Å². The van der Waals surface area contributed by atoms with Crippen LogP contribution in [0.25, 0.3) is 10.8 Å². The molecule has 0 aliphatic carbocycles. The second-order valence-corrected chi connectivity index (χ2v) is 8.59. The molecular weight excluding hydrogens is 386 g/mol. The minimum atomic E-state index is -3.54. The summed E-state index contributed by atoms with van der Waals surface area (Å²) in [5.41, 5.74) is 4.18. The summed E-state index contributed by atoms with van der Waals surface area (Å²) in [6, 6.07) is 5.64. The fourth-order valence-electron chi connectivity index (χ4n) is 3.29. The standard InChI is InChI=1S/C17H21N5O5S/c1-21-17(25)12-8-4-3-7-11(12)14(20-21)16(24)19-18-15(23)13-9-5-6-10-22(13)28(2,26)27/h3-4,7-8,13H,5-6,9-10H2,1-2H3,(H,18,23)(H,19,24). The van der Waals surface area contributed by atoms with E-state index in [4.69, 9.17) is 0 Å². The van der Waals surface area contributed by atoms with Gasteiger partial charge in [-0.3, -0.25) is 25.2 Å². The molecule has 10 nitrogen and oxygen atoms in total. The van der Waals surface area contributed by atoms with Gasteiger partial charge in [0, 0.05) is 19.0 Å². The van der Waals surface area contributed by atoms with Gasteiger partial charge in [-0.15, -0.1) is 0 Å². The van der Waals surface area contributed by atoms with Crippen LogP contribution in [0, 0.1) is 0 Å². The molecule has 0 spiro atoms. The van der Waals surface area contributed by atoms with Gasteiger partial charge in [-0.1, -0.05) is 24.6 Å². The minimum absolute atomic E-state index is 0.0263. The highest BCUT2D eigenvalue weighted by molar-refractivity contribution is 7.88. The Morgan fingerprint density at radius 2 is 1.82 bits per heavy atom. The third-order valence-electron chi connectivity index (χ3n) is 4.65. The van der Waals surface area contributed by atoms with Crippen LogP contribution < -0.4 is 16.4 Å². The third-order valence-corrected chi connectivity index (χ3v) is 5.94. The number of carbonyl (C=O) groups excluding carboxylic acids is 2. The first-order valence-corrected chi connectivity index (χ1v) is 10.6. The molecule has 1 aliphatic rings. The Morgan fingerprint density at radius 1 is 1.14 bits per heavy atom. The second-order valence-electron chi connectivity index (χ2n) is 6.65. The zero-order chi connectivity index (χ0) is 20.5. The van der Waals surface area contributed by atoms with Gasteiger partial charge in [0.1, 0.15) is 6.04 Å². The quantitative estimate of drug-likeness (QED) is 0.660. The summed E-state index contributed by atoms with van der Waals surface area (Å²) in [6.07, 6.45) is 2.82. The first-order chi connectivity index (χ1) is 13.2. The number of nitrogens with one attached hydrogen (secondary N) is 2. The molecule has 1 saturated heterocycles. The largest absolute Gasteiger partial charge is 0.290 e. The number of nitrogens with zero attached hydrogens (tertiary/aromatic N) is 3. The Hall–Kier alpha value is -2.79. The maximum absolute atomic E-state index is 12.6. The van der Waals surface area contributed by atoms with Crippen LogP contribution in [0.5, 0.6) is 0 Å². The molecule has 0 saturated carbocycles. The van der Waals surface area contributed by atoms with E-state index in [0.717, 1.165) is 15.2 Å². The molecule has 28 heavy (non-hydrogen) atoms. The molecule has 1 unspecified atom stereocenters. The lowest BCUT2D eigenvalue weighted by Gasteiger charge is -2.32. The van der Waals surface area contributed by atoms with Crippen molar-refractivity contribution in [2.24, 2.45) is 7.05 Å². The zero-order valence-electron chi connectivity index (χ0n) is 15.5. The van der Waals surface area contributed by atoms with Crippen LogP contribution in [-0.4, -0.2) is 53.2 Å². The van der Waals surface area contributed by atoms with Gasteiger partial charge in [0.15, 0.2) is 5.69 Å². The number of fused-ring (bicyclic) bond motifs is 1. The number of carbonyl (C=O) groups is 2. The minimum Gasteiger partial charge on any atom is -0.271 e. The summed E-state index contributed by atoms with van der Waals surface area (Å²) in [4.78, 5) is 37.2. The maximum Gasteiger partial charge on any atom is 0.290 e. The van der Waals surface area contributed by atoms with Gasteiger partial charge in [-0.2, -0.15) is 9.40 Å². The second kappa shape index (κ2) is 7.68. The van der Waals surface area contributed by atoms with Crippen molar-refractivity contribution in [3.8, 4) is 0 Å². The molecular formula is C17H21N5O5S. The predicted molar refractivity (Wildman–Crippen MR) is 102 cm³/mol. The Morgan fingerprint density at radius 3 is 2.50 bits per heavy atom. The molecule has 2 N–H and O–H groups in total. The van der Waals surface area contributed by atoms with Crippen molar-refractivity contribution in [3.63, 3.8) is 0 Å². The fraction of sp³-hybridized carbons (Fsp3) is 0.412. The molecule has 11 heteroatoms. The van der Waals surface area contributed by atoms with E-state index in [1.165, 1.54) is 7.05 Å². The van der Waals surface area contributed by atoms with Crippen LogP contribution in [0.1, 0.15) is 29.8 Å². The molecule has 150 valence electrons. The average molecular weight is 407 g/mol. The summed E-state index contributed by atoms with van der Waals surface area (Å²) in [6.45, 7) is 0.262. The lowest BCUT2D eigenvalue weighted by molar-refractivity contribution is -0.126. The first kappa shape index (κ1) is 20.0. The molecule has 1 aliphatic heterocycles. The molecule has 1 fully saturated rings. The molecule has 0 radical (unpaired) electrons. The molecule has 2 aromatic rings. The number of amides is 2. The van der Waals surface area contributed by atoms with E-state index in [1.54, 1.807) is 24.3 Å². The van der Waals surface area contributed by atoms with Gasteiger partial charge in [-0.05, 0) is 18.9 Å². The van der Waals surface area contributed by atoms with Gasteiger partial charge < -0.3 is 0 Å². The van der Waals surface area contributed by atoms with E-state index >= 15 is 0 Å². The van der Waals surface area contributed by atoms with Crippen molar-refractivity contribution in [1.29, 1.82) is 0 Å². The van der Waals surface area contributed by atoms with Gasteiger partial charge in [0.05, 0.1) is 11.6 Å². The van der Waals surface area contributed by atoms with Crippen molar-refractivity contribution in [3.05, 3.63) is 40.3 Å². The number of aromatic nitrogens is 2. The van der Waals surface area contributed by atoms with E-state index < -0.39 is 27.9 Å². The van der Waals surface area contributed by atoms with Crippen LogP contribution in [0.4, 0.5) is 0 Å². The number of benzene rings is 1. The summed E-state index contributed by atoms with van der Waals surface area (Å²) in [5, 5.41) is 4.66. The number of rotatable bonds is 3. The van der Waals surface area contributed by atoms with Crippen molar-refractivity contribution in [2.75, 3.05) is 12.8 Å². The predicted octanol–water partition coefficient (Wildman–Crippen LogP) is -0.491. The Balaban J connectivity index is 1.79. The van der Waals surface area contributed by atoms with E-state index in [1.807, 2.05) is 0 Å². The molecule has 2 heterocycles. The van der Waals surface area contributed by atoms with Gasteiger partial charge in [0.2, 0.25) is 10.0 Å². The molecule has 2 amide bonds. The molecule has 1 aromatic heterocycles. The van der Waals surface area contributed by atoms with Gasteiger partial charge in [-0.25, -0.2) is 13.1 Å². The summed E-state index contributed by atoms with van der Waals surface area (Å²) in [5.74, 6) is -1.32. The monoisotopic (exact) mass is 407 g/mol. The lowest BCUT2D eigenvalue weighted by atomic mass is 10.0. The highest BCUT2D eigenvalue weighted by Gasteiger charge is 2.34. The average Bonchev–Trinajstić information content (AvgIpc) is 2.68. The number of aryl methyl sites for hydroxylation is 1. The Kier molecular flexibility index (Phi) is 5.47. The summed E-state index contributed by atoms with van der Waals surface area (Å²) < 4.78 is 26.0. The first-order valence-electron chi connectivity index (χ1n) is 8.73. The van der Waals surface area contributed by atoms with E-state index in [2.05, 4.69) is 16.0 Å². The Bertz CT molecular complexity index is 1090. The highest BCUT2D eigenvalue weighted by Crippen LogP contribution is 2.20. The molecule has 1 atom stereocenters. The lowest BCUT2D eigenvalue weighted by Crippen LogP contribution is -2.55. The highest BCUT2D eigenvalue weighted by atomic mass is 32.2. The maximum atomic E-state index is 12.6. The fourth-order valence-corrected chi connectivity index (χ4v) is 4.42. The van der Waals surface area contributed by atoms with Crippen molar-refractivity contribution in [1.82, 2.24) is 24.9 Å². The summed E-state index contributed by atoms with van der Waals surface area (Å²) in [7, 11) is -2.11. The summed E-state index contributed by atoms with van der Waals surface area (Å²) >= 11 is 0. The normalized spacial score (nSPS) is 18.0. The zero-order valence-corrected chi connectivity index (χ0v) is 16.3. The van der Waals surface area contributed by atoms with Gasteiger partial charge in [0.25, 0.3) is 17.4 Å². The number of piperidine rings is 1. The third kappa shape index (κ3) is 3.90. The van der Waals surface area contributed by atoms with Crippen LogP contribution in [-0.2, 0) is 21.9 Å². The number of hydrogen-bond donors (Lipinski definition) is 2. The topological polar surface area (TPSA) is 130 Å². The van der Waals surface area contributed by atoms with E-state index in [-0.39, 0.29) is 17.8 Å². The molecule has 3 rings (SSSR count). The smallest absolute Gasteiger partial charge is 0.271 e. The number of sulfonamides is 1. The van der Waals surface area contributed by atoms with Crippen molar-refractivity contribution >= 4 is 32.6 Å². The van der Waals surface area contributed by atoms with Crippen molar-refractivity contribution < 1.29 is 18.0 Å². The number of hydrogen-bond acceptors (Lipinski definition) is 6. The van der Waals surface area contributed by atoms with Crippen LogP contribution >= 0.6 is 0 Å². The Labute approximate surface area is 161 Å². The number of hydrazine groups is 1. The van der Waals surface area contributed by atoms with Gasteiger partial charge >= 0.3 is 0 Å². The van der Waals surface area contributed by atoms with E-state index in [0.29, 0.717) is 30.0 Å². The van der Waals surface area contributed by atoms with Crippen LogP contribution in [0.3, 0.4) is 0 Å². The van der Waals surface area contributed by atoms with E-state index in [9.17, 15) is 22.8 Å². The van der Waals surface area contributed by atoms with Crippen LogP contribution in [0.15, 0.2) is 29.1 Å². The van der Waals surface area contributed by atoms with Crippen LogP contribution in [0.2, 0.25) is 0 Å². The molecule has 1 aromatic carbocycles.